The fourth-order valence-corrected chi connectivity index (χ4v) is 2.65. The zero-order valence-electron chi connectivity index (χ0n) is 12.2. The second-order valence-electron chi connectivity index (χ2n) is 5.25. The molecule has 2 rings (SSSR count). The molecule has 0 bridgehead atoms. The van der Waals surface area contributed by atoms with E-state index in [1.54, 1.807) is 13.1 Å². The number of ether oxygens (including phenoxy) is 1. The summed E-state index contributed by atoms with van der Waals surface area (Å²) in [6.45, 7) is 2.78. The molecule has 2 atom stereocenters. The van der Waals surface area contributed by atoms with Gasteiger partial charge in [0.1, 0.15) is 0 Å². The predicted octanol–water partition coefficient (Wildman–Crippen LogP) is 1.31. The first kappa shape index (κ1) is 16.3. The van der Waals surface area contributed by atoms with E-state index in [2.05, 4.69) is 10.2 Å². The van der Waals surface area contributed by atoms with Crippen LogP contribution in [0.5, 0.6) is 0 Å². The molecule has 1 saturated heterocycles. The molecule has 0 saturated carbocycles. The fraction of sp³-hybridized carbons (Fsp3) is 0.600. The molecule has 1 aliphatic rings. The minimum atomic E-state index is -0.820. The van der Waals surface area contributed by atoms with Gasteiger partial charge < -0.3 is 15.2 Å². The van der Waals surface area contributed by atoms with Gasteiger partial charge in [0.15, 0.2) is 11.6 Å². The highest BCUT2D eigenvalue weighted by molar-refractivity contribution is 5.22. The van der Waals surface area contributed by atoms with Crippen molar-refractivity contribution >= 4 is 0 Å². The van der Waals surface area contributed by atoms with Crippen LogP contribution in [0.3, 0.4) is 0 Å². The van der Waals surface area contributed by atoms with Crippen molar-refractivity contribution in [2.45, 2.75) is 18.6 Å². The Balaban J connectivity index is 1.95. The third-order valence-corrected chi connectivity index (χ3v) is 3.87. The number of nitrogens with zero attached hydrogens (tertiary/aromatic N) is 1. The molecule has 1 aromatic rings. The van der Waals surface area contributed by atoms with Crippen LogP contribution in [-0.2, 0) is 4.74 Å². The second-order valence-corrected chi connectivity index (χ2v) is 5.25. The van der Waals surface area contributed by atoms with Gasteiger partial charge in [-0.05, 0) is 19.5 Å². The third kappa shape index (κ3) is 4.20. The lowest BCUT2D eigenvalue weighted by molar-refractivity contribution is -0.0533. The normalized spacial score (nSPS) is 21.4. The van der Waals surface area contributed by atoms with E-state index in [9.17, 15) is 8.78 Å². The molecule has 6 heteroatoms. The lowest BCUT2D eigenvalue weighted by Gasteiger charge is -2.33. The Morgan fingerprint density at radius 2 is 2.29 bits per heavy atom. The largest absolute Gasteiger partial charge is 0.394 e. The van der Waals surface area contributed by atoms with Crippen molar-refractivity contribution in [1.82, 2.24) is 10.2 Å². The average Bonchev–Trinajstić information content (AvgIpc) is 2.52. The number of benzene rings is 1. The van der Waals surface area contributed by atoms with E-state index in [0.717, 1.165) is 19.2 Å². The number of rotatable bonds is 6. The average molecular weight is 300 g/mol. The van der Waals surface area contributed by atoms with E-state index in [0.29, 0.717) is 25.1 Å². The highest BCUT2D eigenvalue weighted by atomic mass is 19.2. The summed E-state index contributed by atoms with van der Waals surface area (Å²) in [5.74, 6) is -1.61. The SMILES string of the molecule is CNC(CCN1CCOC(CO)C1)c1cccc(F)c1F. The smallest absolute Gasteiger partial charge is 0.163 e. The third-order valence-electron chi connectivity index (χ3n) is 3.87. The first-order valence-corrected chi connectivity index (χ1v) is 7.21. The fourth-order valence-electron chi connectivity index (χ4n) is 2.65. The van der Waals surface area contributed by atoms with Crippen LogP contribution in [0.1, 0.15) is 18.0 Å². The summed E-state index contributed by atoms with van der Waals surface area (Å²) in [6, 6.07) is 4.01. The minimum Gasteiger partial charge on any atom is -0.394 e. The van der Waals surface area contributed by atoms with Crippen molar-refractivity contribution in [2.24, 2.45) is 0 Å². The summed E-state index contributed by atoms with van der Waals surface area (Å²) in [5.41, 5.74) is 0.351. The molecule has 0 amide bonds. The molecule has 0 spiro atoms. The van der Waals surface area contributed by atoms with Gasteiger partial charge in [-0.2, -0.15) is 0 Å². The van der Waals surface area contributed by atoms with Crippen molar-refractivity contribution < 1.29 is 18.6 Å². The summed E-state index contributed by atoms with van der Waals surface area (Å²) in [7, 11) is 1.74. The number of nitrogens with one attached hydrogen (secondary N) is 1. The molecule has 118 valence electrons. The van der Waals surface area contributed by atoms with Crippen molar-refractivity contribution in [3.8, 4) is 0 Å². The van der Waals surface area contributed by atoms with E-state index in [1.807, 2.05) is 0 Å². The van der Waals surface area contributed by atoms with Gasteiger partial charge in [-0.1, -0.05) is 12.1 Å². The van der Waals surface area contributed by atoms with Crippen LogP contribution in [0.2, 0.25) is 0 Å². The quantitative estimate of drug-likeness (QED) is 0.831. The topological polar surface area (TPSA) is 44.7 Å². The Bertz CT molecular complexity index is 459. The highest BCUT2D eigenvalue weighted by Crippen LogP contribution is 2.22. The lowest BCUT2D eigenvalue weighted by Crippen LogP contribution is -2.44. The molecule has 1 aromatic carbocycles. The Morgan fingerprint density at radius 3 is 3.00 bits per heavy atom. The van der Waals surface area contributed by atoms with Gasteiger partial charge in [-0.3, -0.25) is 4.90 Å². The van der Waals surface area contributed by atoms with E-state index in [1.165, 1.54) is 6.07 Å². The van der Waals surface area contributed by atoms with Crippen molar-refractivity contribution in [1.29, 1.82) is 0 Å². The van der Waals surface area contributed by atoms with Crippen LogP contribution in [0.25, 0.3) is 0 Å². The lowest BCUT2D eigenvalue weighted by atomic mass is 10.0. The molecular formula is C15H22F2N2O2. The molecule has 1 fully saturated rings. The van der Waals surface area contributed by atoms with Crippen molar-refractivity contribution in [3.05, 3.63) is 35.4 Å². The van der Waals surface area contributed by atoms with Crippen LogP contribution < -0.4 is 5.32 Å². The maximum absolute atomic E-state index is 13.8. The number of aliphatic hydroxyl groups is 1. The van der Waals surface area contributed by atoms with Gasteiger partial charge in [0.05, 0.1) is 19.3 Å². The Labute approximate surface area is 123 Å². The van der Waals surface area contributed by atoms with Crippen LogP contribution >= 0.6 is 0 Å². The summed E-state index contributed by atoms with van der Waals surface area (Å²) in [4.78, 5) is 2.17. The summed E-state index contributed by atoms with van der Waals surface area (Å²) < 4.78 is 32.5. The summed E-state index contributed by atoms with van der Waals surface area (Å²) in [5, 5.41) is 12.2. The van der Waals surface area contributed by atoms with Crippen LogP contribution in [0.15, 0.2) is 18.2 Å². The molecule has 0 aliphatic carbocycles. The molecule has 4 nitrogen and oxygen atoms in total. The van der Waals surface area contributed by atoms with Crippen LogP contribution in [0.4, 0.5) is 8.78 Å². The van der Waals surface area contributed by atoms with Gasteiger partial charge in [-0.15, -0.1) is 0 Å². The number of morpholine rings is 1. The number of halogens is 2. The molecular weight excluding hydrogens is 278 g/mol. The summed E-state index contributed by atoms with van der Waals surface area (Å²) in [6.07, 6.45) is 0.507. The molecule has 1 heterocycles. The van der Waals surface area contributed by atoms with Crippen LogP contribution in [0, 0.1) is 11.6 Å². The summed E-state index contributed by atoms with van der Waals surface area (Å²) >= 11 is 0. The van der Waals surface area contributed by atoms with Crippen molar-refractivity contribution in [3.63, 3.8) is 0 Å². The van der Waals surface area contributed by atoms with E-state index >= 15 is 0 Å². The first-order valence-electron chi connectivity index (χ1n) is 7.21. The number of hydrogen-bond acceptors (Lipinski definition) is 4. The van der Waals surface area contributed by atoms with Gasteiger partial charge in [0.2, 0.25) is 0 Å². The molecule has 2 N–H and O–H groups in total. The molecule has 2 unspecified atom stereocenters. The second kappa shape index (κ2) is 7.79. The van der Waals surface area contributed by atoms with E-state index < -0.39 is 11.6 Å². The highest BCUT2D eigenvalue weighted by Gasteiger charge is 2.22. The molecule has 0 radical (unpaired) electrons. The van der Waals surface area contributed by atoms with E-state index in [4.69, 9.17) is 9.84 Å². The maximum atomic E-state index is 13.8. The number of hydrogen-bond donors (Lipinski definition) is 2. The standard InChI is InChI=1S/C15H22F2N2O2/c1-18-14(12-3-2-4-13(16)15(12)17)5-6-19-7-8-21-11(9-19)10-20/h2-4,11,14,18,20H,5-10H2,1H3. The van der Waals surface area contributed by atoms with Crippen molar-refractivity contribution in [2.75, 3.05) is 39.9 Å². The minimum absolute atomic E-state index is 0.00445. The molecule has 0 aromatic heterocycles. The van der Waals surface area contributed by atoms with Gasteiger partial charge >= 0.3 is 0 Å². The zero-order valence-corrected chi connectivity index (χ0v) is 12.2. The van der Waals surface area contributed by atoms with Gasteiger partial charge in [-0.25, -0.2) is 8.78 Å². The van der Waals surface area contributed by atoms with Gasteiger partial charge in [0.25, 0.3) is 0 Å². The van der Waals surface area contributed by atoms with Gasteiger partial charge in [0, 0.05) is 31.2 Å². The van der Waals surface area contributed by atoms with E-state index in [-0.39, 0.29) is 18.8 Å². The van der Waals surface area contributed by atoms with Crippen LogP contribution in [-0.4, -0.2) is 56.0 Å². The molecule has 1 aliphatic heterocycles. The Morgan fingerprint density at radius 1 is 1.48 bits per heavy atom. The Hall–Kier alpha value is -1.08. The predicted molar refractivity (Wildman–Crippen MR) is 76.0 cm³/mol. The monoisotopic (exact) mass is 300 g/mol. The Kier molecular flexibility index (Phi) is 6.05. The number of aliphatic hydroxyl groups excluding tert-OH is 1. The zero-order chi connectivity index (χ0) is 15.2. The molecule has 21 heavy (non-hydrogen) atoms. The first-order chi connectivity index (χ1) is 10.2. The maximum Gasteiger partial charge on any atom is 0.163 e.